The first-order chi connectivity index (χ1) is 11.4. The standard InChI is InChI=1S/C12H8N6/c1-3-7-13-9(5-1)11-15-17-12(18-16-11)10-6-2-4-8-14-10/h1-8H/i1D,2D,3D,5D,6D,7D. The van der Waals surface area contributed by atoms with Gasteiger partial charge in [-0.05, 0) is 24.2 Å². The highest BCUT2D eigenvalue weighted by molar-refractivity contribution is 5.50. The fraction of sp³-hybridized carbons (Fsp3) is 0. The molecule has 0 unspecified atom stereocenters. The first-order valence-corrected chi connectivity index (χ1v) is 4.85. The van der Waals surface area contributed by atoms with Crippen LogP contribution in [0.3, 0.4) is 0 Å². The topological polar surface area (TPSA) is 77.3 Å². The Morgan fingerprint density at radius 1 is 0.778 bits per heavy atom. The van der Waals surface area contributed by atoms with Gasteiger partial charge in [-0.15, -0.1) is 20.4 Å². The number of hydrogen-bond donors (Lipinski definition) is 0. The van der Waals surface area contributed by atoms with Crippen LogP contribution in [0, 0.1) is 0 Å². The highest BCUT2D eigenvalue weighted by Crippen LogP contribution is 2.11. The van der Waals surface area contributed by atoms with Gasteiger partial charge < -0.3 is 0 Å². The van der Waals surface area contributed by atoms with E-state index in [0.29, 0.717) is 0 Å². The van der Waals surface area contributed by atoms with Gasteiger partial charge in [0.05, 0.1) is 8.22 Å². The number of nitrogens with zero attached hydrogens (tertiary/aromatic N) is 6. The Morgan fingerprint density at radius 3 is 2.22 bits per heavy atom. The van der Waals surface area contributed by atoms with Crippen molar-refractivity contribution in [2.45, 2.75) is 0 Å². The normalized spacial score (nSPS) is 14.9. The number of aromatic nitrogens is 6. The van der Waals surface area contributed by atoms with Crippen LogP contribution in [0.1, 0.15) is 8.22 Å². The monoisotopic (exact) mass is 242 g/mol. The van der Waals surface area contributed by atoms with Gasteiger partial charge >= 0.3 is 0 Å². The maximum absolute atomic E-state index is 7.79. The van der Waals surface area contributed by atoms with Gasteiger partial charge in [0.25, 0.3) is 0 Å². The van der Waals surface area contributed by atoms with Crippen LogP contribution in [0.5, 0.6) is 0 Å². The molecule has 3 aromatic rings. The molecule has 0 amide bonds. The quantitative estimate of drug-likeness (QED) is 0.675. The van der Waals surface area contributed by atoms with Gasteiger partial charge in [0, 0.05) is 12.4 Å². The summed E-state index contributed by atoms with van der Waals surface area (Å²) >= 11 is 0. The van der Waals surface area contributed by atoms with Crippen LogP contribution in [0.2, 0.25) is 0 Å². The van der Waals surface area contributed by atoms with Crippen LogP contribution < -0.4 is 0 Å². The summed E-state index contributed by atoms with van der Waals surface area (Å²) in [5.41, 5.74) is -0.141. The summed E-state index contributed by atoms with van der Waals surface area (Å²) in [6.45, 7) is 0. The fourth-order valence-corrected chi connectivity index (χ4v) is 1.16. The highest BCUT2D eigenvalue weighted by Gasteiger charge is 2.07. The van der Waals surface area contributed by atoms with Crippen molar-refractivity contribution in [1.82, 2.24) is 30.4 Å². The van der Waals surface area contributed by atoms with E-state index in [1.165, 1.54) is 12.3 Å². The molecule has 0 N–H and O–H groups in total. The van der Waals surface area contributed by atoms with Crippen molar-refractivity contribution in [3.8, 4) is 23.0 Å². The second kappa shape index (κ2) is 4.62. The van der Waals surface area contributed by atoms with E-state index in [2.05, 4.69) is 30.4 Å². The molecule has 0 atom stereocenters. The zero-order valence-electron chi connectivity index (χ0n) is 14.8. The van der Waals surface area contributed by atoms with Gasteiger partial charge in [-0.25, -0.2) is 0 Å². The predicted octanol–water partition coefficient (Wildman–Crippen LogP) is 1.39. The minimum atomic E-state index is -0.476. The summed E-state index contributed by atoms with van der Waals surface area (Å²) in [4.78, 5) is 7.64. The van der Waals surface area contributed by atoms with Crippen LogP contribution in [-0.4, -0.2) is 30.4 Å². The third-order valence-electron chi connectivity index (χ3n) is 1.92. The summed E-state index contributed by atoms with van der Waals surface area (Å²) in [6.07, 6.45) is 0.859. The van der Waals surface area contributed by atoms with Crippen LogP contribution in [0.4, 0.5) is 0 Å². The lowest BCUT2D eigenvalue weighted by Crippen LogP contribution is -2.00. The van der Waals surface area contributed by atoms with E-state index in [0.717, 1.165) is 0 Å². The lowest BCUT2D eigenvalue weighted by atomic mass is 10.3. The van der Waals surface area contributed by atoms with Crippen LogP contribution in [0.25, 0.3) is 23.0 Å². The SMILES string of the molecule is [2H]c1ccnc(-c2nnc(-c3nc([2H])c([2H])c([2H])c3[2H])nn2)c1[2H]. The maximum Gasteiger partial charge on any atom is 0.221 e. The zero-order valence-corrected chi connectivity index (χ0v) is 8.84. The summed E-state index contributed by atoms with van der Waals surface area (Å²) in [7, 11) is 0. The molecule has 0 aromatic carbocycles. The van der Waals surface area contributed by atoms with Crippen molar-refractivity contribution < 1.29 is 8.22 Å². The average Bonchev–Trinajstić information content (AvgIpc) is 2.59. The summed E-state index contributed by atoms with van der Waals surface area (Å²) in [5, 5.41) is 15.0. The lowest BCUT2D eigenvalue weighted by molar-refractivity contribution is 0.865. The Morgan fingerprint density at radius 2 is 1.44 bits per heavy atom. The van der Waals surface area contributed by atoms with Gasteiger partial charge in [-0.2, -0.15) is 0 Å². The van der Waals surface area contributed by atoms with Crippen molar-refractivity contribution in [1.29, 1.82) is 0 Å². The number of pyridine rings is 2. The molecular weight excluding hydrogens is 228 g/mol. The molecule has 3 heterocycles. The predicted molar refractivity (Wildman–Crippen MR) is 64.1 cm³/mol. The molecule has 0 radical (unpaired) electrons. The number of hydrogen-bond acceptors (Lipinski definition) is 6. The van der Waals surface area contributed by atoms with E-state index < -0.39 is 24.3 Å². The average molecular weight is 242 g/mol. The Balaban J connectivity index is 2.06. The van der Waals surface area contributed by atoms with Crippen LogP contribution >= 0.6 is 0 Å². The second-order valence-electron chi connectivity index (χ2n) is 3.06. The van der Waals surface area contributed by atoms with E-state index in [9.17, 15) is 0 Å². The second-order valence-corrected chi connectivity index (χ2v) is 3.06. The molecule has 0 fully saturated rings. The third-order valence-corrected chi connectivity index (χ3v) is 1.92. The van der Waals surface area contributed by atoms with Gasteiger partial charge in [0.15, 0.2) is 0 Å². The van der Waals surface area contributed by atoms with Crippen molar-refractivity contribution in [3.05, 3.63) is 48.6 Å². The summed E-state index contributed by atoms with van der Waals surface area (Å²) < 4.78 is 45.7. The maximum atomic E-state index is 7.79. The fourth-order valence-electron chi connectivity index (χ4n) is 1.16. The molecule has 86 valence electrons. The molecular formula is C12H8N6. The van der Waals surface area contributed by atoms with Crippen LogP contribution in [-0.2, 0) is 0 Å². The van der Waals surface area contributed by atoms with Gasteiger partial charge in [-0.3, -0.25) is 9.97 Å². The molecule has 6 heteroatoms. The molecule has 0 aliphatic carbocycles. The van der Waals surface area contributed by atoms with Gasteiger partial charge in [-0.1, -0.05) is 12.1 Å². The molecule has 0 aliphatic rings. The molecule has 3 aromatic heterocycles. The van der Waals surface area contributed by atoms with Crippen LogP contribution in [0.15, 0.2) is 48.6 Å². The molecule has 3 rings (SSSR count). The third kappa shape index (κ3) is 2.03. The zero-order chi connectivity index (χ0) is 17.4. The van der Waals surface area contributed by atoms with Gasteiger partial charge in [0.2, 0.25) is 11.6 Å². The minimum absolute atomic E-state index is 0.0389. The minimum Gasteiger partial charge on any atom is -0.253 e. The molecule has 0 aliphatic heterocycles. The van der Waals surface area contributed by atoms with E-state index in [-0.39, 0.29) is 35.1 Å². The molecule has 6 nitrogen and oxygen atoms in total. The van der Waals surface area contributed by atoms with Crippen molar-refractivity contribution in [2.75, 3.05) is 0 Å². The van der Waals surface area contributed by atoms with Gasteiger partial charge in [0.1, 0.15) is 11.4 Å². The van der Waals surface area contributed by atoms with E-state index in [1.54, 1.807) is 0 Å². The summed E-state index contributed by atoms with van der Waals surface area (Å²) in [5.74, 6) is -0.252. The lowest BCUT2D eigenvalue weighted by Gasteiger charge is -1.98. The van der Waals surface area contributed by atoms with E-state index in [4.69, 9.17) is 8.22 Å². The Kier molecular flexibility index (Phi) is 1.47. The smallest absolute Gasteiger partial charge is 0.221 e. The summed E-state index contributed by atoms with van der Waals surface area (Å²) in [6, 6.07) is -0.197. The van der Waals surface area contributed by atoms with E-state index >= 15 is 0 Å². The van der Waals surface area contributed by atoms with E-state index in [1.807, 2.05) is 0 Å². The first-order valence-electron chi connectivity index (χ1n) is 7.85. The van der Waals surface area contributed by atoms with Crippen molar-refractivity contribution >= 4 is 0 Å². The highest BCUT2D eigenvalue weighted by atomic mass is 15.3. The Bertz CT molecular complexity index is 932. The molecule has 0 bridgehead atoms. The van der Waals surface area contributed by atoms with Crippen molar-refractivity contribution in [2.24, 2.45) is 0 Å². The Hall–Kier alpha value is -2.76. The molecule has 0 saturated heterocycles. The molecule has 18 heavy (non-hydrogen) atoms. The first kappa shape index (κ1) is 5.72. The number of rotatable bonds is 2. The largest absolute Gasteiger partial charge is 0.253 e. The Labute approximate surface area is 111 Å². The van der Waals surface area contributed by atoms with Crippen molar-refractivity contribution in [3.63, 3.8) is 0 Å². The molecule has 0 spiro atoms. The molecule has 0 saturated carbocycles.